The van der Waals surface area contributed by atoms with Crippen molar-refractivity contribution in [3.8, 4) is 11.8 Å². The maximum atomic E-state index is 15.5. The molecule has 0 radical (unpaired) electrons. The Hall–Kier alpha value is -4.02. The van der Waals surface area contributed by atoms with Crippen LogP contribution in [0, 0.1) is 46.3 Å². The minimum absolute atomic E-state index is 0.0480. The highest BCUT2D eigenvalue weighted by molar-refractivity contribution is 6.01. The highest BCUT2D eigenvalue weighted by Gasteiger charge is 2.87. The zero-order valence-electron chi connectivity index (χ0n) is 24.6. The first-order chi connectivity index (χ1) is 20.8. The number of nitriles is 1. The molecule has 10 atom stereocenters. The molecule has 234 valence electrons. The number of ether oxygens (including phenoxy) is 2. The molecule has 4 heterocycles. The Morgan fingerprint density at radius 3 is 2.75 bits per heavy atom. The molecule has 3 saturated carbocycles. The van der Waals surface area contributed by atoms with E-state index in [0.717, 1.165) is 0 Å². The Kier molecular flexibility index (Phi) is 6.20. The van der Waals surface area contributed by atoms with Gasteiger partial charge >= 0.3 is 6.09 Å². The number of hydrogen-bond donors (Lipinski definition) is 2. The van der Waals surface area contributed by atoms with Crippen LogP contribution in [0.4, 0.5) is 19.4 Å². The van der Waals surface area contributed by atoms with Crippen molar-refractivity contribution in [2.45, 2.75) is 63.0 Å². The molecular weight excluding hydrogens is 578 g/mol. The Balaban J connectivity index is 1.20. The van der Waals surface area contributed by atoms with Gasteiger partial charge in [-0.15, -0.1) is 0 Å². The molecule has 3 aliphatic heterocycles. The molecule has 12 nitrogen and oxygen atoms in total. The summed E-state index contributed by atoms with van der Waals surface area (Å²) in [6.07, 6.45) is 0.837. The average molecular weight is 613 g/mol. The molecular formula is C30H34F2N6O6. The molecule has 1 spiro atoms. The van der Waals surface area contributed by atoms with E-state index in [0.29, 0.717) is 12.2 Å². The molecule has 2 N–H and O–H groups in total. The number of nitrogens with one attached hydrogen (secondary N) is 2. The molecule has 1 unspecified atom stereocenters. The van der Waals surface area contributed by atoms with Crippen LogP contribution >= 0.6 is 0 Å². The van der Waals surface area contributed by atoms with E-state index in [1.54, 1.807) is 32.9 Å². The van der Waals surface area contributed by atoms with Gasteiger partial charge in [-0.3, -0.25) is 14.4 Å². The summed E-state index contributed by atoms with van der Waals surface area (Å²) >= 11 is 0. The van der Waals surface area contributed by atoms with Crippen LogP contribution in [0.25, 0.3) is 0 Å². The summed E-state index contributed by atoms with van der Waals surface area (Å²) in [6, 6.07) is 2.13. The monoisotopic (exact) mass is 612 g/mol. The summed E-state index contributed by atoms with van der Waals surface area (Å²) < 4.78 is 39.1. The minimum Gasteiger partial charge on any atom is -0.472 e. The number of rotatable bonds is 5. The van der Waals surface area contributed by atoms with Crippen LogP contribution in [-0.2, 0) is 19.1 Å². The Labute approximate surface area is 252 Å². The molecule has 5 fully saturated rings. The smallest absolute Gasteiger partial charge is 0.407 e. The lowest BCUT2D eigenvalue weighted by atomic mass is 9.69. The Bertz CT molecular complexity index is 1500. The van der Waals surface area contributed by atoms with Gasteiger partial charge < -0.3 is 29.9 Å². The molecule has 44 heavy (non-hydrogen) atoms. The quantitative estimate of drug-likeness (QED) is 0.511. The number of aromatic nitrogens is 1. The van der Waals surface area contributed by atoms with E-state index in [-0.39, 0.29) is 49.0 Å². The van der Waals surface area contributed by atoms with Gasteiger partial charge in [0.05, 0.1) is 12.6 Å². The number of likely N-dealkylation sites (tertiary alicyclic amines) is 2. The van der Waals surface area contributed by atoms with Gasteiger partial charge in [0.15, 0.2) is 11.6 Å². The van der Waals surface area contributed by atoms with E-state index in [9.17, 15) is 28.8 Å². The van der Waals surface area contributed by atoms with Gasteiger partial charge in [0.25, 0.3) is 5.91 Å². The minimum atomic E-state index is -1.55. The fraction of sp³-hybridized carbons (Fsp3) is 0.667. The number of hydrogen-bond acceptors (Lipinski definition) is 8. The lowest BCUT2D eigenvalue weighted by Crippen LogP contribution is -2.60. The first-order valence-corrected chi connectivity index (χ1v) is 15.0. The van der Waals surface area contributed by atoms with Crippen LogP contribution in [0.2, 0.25) is 0 Å². The third-order valence-electron chi connectivity index (χ3n) is 10.7. The Morgan fingerprint density at radius 2 is 2.05 bits per heavy atom. The van der Waals surface area contributed by atoms with E-state index >= 15 is 4.39 Å². The van der Waals surface area contributed by atoms with Crippen LogP contribution < -0.4 is 15.4 Å². The second-order valence-corrected chi connectivity index (χ2v) is 14.0. The number of nitrogens with zero attached hydrogens (tertiary/aromatic N) is 4. The first kappa shape index (κ1) is 28.7. The third kappa shape index (κ3) is 3.93. The number of halogens is 2. The van der Waals surface area contributed by atoms with Crippen molar-refractivity contribution < 1.29 is 37.4 Å². The van der Waals surface area contributed by atoms with Gasteiger partial charge in [0, 0.05) is 31.0 Å². The van der Waals surface area contributed by atoms with Crippen molar-refractivity contribution in [3.05, 3.63) is 18.3 Å². The predicted molar refractivity (Wildman–Crippen MR) is 147 cm³/mol. The van der Waals surface area contributed by atoms with E-state index in [2.05, 4.69) is 21.7 Å². The fourth-order valence-corrected chi connectivity index (χ4v) is 8.76. The summed E-state index contributed by atoms with van der Waals surface area (Å²) in [5.41, 5.74) is -3.72. The third-order valence-corrected chi connectivity index (χ3v) is 10.7. The lowest BCUT2D eigenvalue weighted by Gasteiger charge is -2.38. The number of alkyl carbamates (subject to hydrolysis) is 1. The standard InChI is InChI=1S/C30H34F2N6O6/c1-28(2,3)22(35-27(42)43-8-6-31)25(40)37-12-16-15-10-30(32)19(15)20(30)18(16)21(37)24(39)38-13-29(9-14(38)11-33)26(41)36-23-17(44-29)5-4-7-34-23/h4-5,7,14-16,18-22H,6,8-10,12-13H2,1-3H3,(H,35,42)(H,34,36,41)/t14-,15-,16+,18+,19?,20+,21-,22+,29+,30+/m0/s1. The number of amides is 4. The van der Waals surface area contributed by atoms with Gasteiger partial charge in [0.2, 0.25) is 17.4 Å². The number of carbonyl (C=O) groups excluding carboxylic acids is 4. The van der Waals surface area contributed by atoms with Crippen molar-refractivity contribution in [1.29, 1.82) is 5.26 Å². The molecule has 7 rings (SSSR count). The second-order valence-electron chi connectivity index (χ2n) is 14.0. The summed E-state index contributed by atoms with van der Waals surface area (Å²) in [4.78, 5) is 61.4. The average Bonchev–Trinajstić information content (AvgIpc) is 3.39. The number of anilines is 1. The van der Waals surface area contributed by atoms with Gasteiger partial charge in [-0.1, -0.05) is 20.8 Å². The van der Waals surface area contributed by atoms with Crippen molar-refractivity contribution in [1.82, 2.24) is 20.1 Å². The van der Waals surface area contributed by atoms with E-state index in [1.807, 2.05) is 0 Å². The number of alkyl halides is 2. The highest BCUT2D eigenvalue weighted by atomic mass is 19.1. The zero-order valence-corrected chi connectivity index (χ0v) is 24.6. The summed E-state index contributed by atoms with van der Waals surface area (Å²) in [5, 5.41) is 15.4. The summed E-state index contributed by atoms with van der Waals surface area (Å²) in [5.74, 6) is -2.10. The van der Waals surface area contributed by atoms with Gasteiger partial charge in [-0.25, -0.2) is 18.6 Å². The maximum Gasteiger partial charge on any atom is 0.407 e. The normalized spacial score (nSPS) is 37.9. The lowest BCUT2D eigenvalue weighted by molar-refractivity contribution is -0.148. The van der Waals surface area contributed by atoms with Crippen molar-refractivity contribution in [2.24, 2.45) is 35.0 Å². The van der Waals surface area contributed by atoms with Gasteiger partial charge in [-0.05, 0) is 41.7 Å². The molecule has 0 bridgehead atoms. The van der Waals surface area contributed by atoms with E-state index < -0.39 is 77.8 Å². The van der Waals surface area contributed by atoms with Crippen LogP contribution in [0.5, 0.6) is 5.75 Å². The largest absolute Gasteiger partial charge is 0.472 e. The molecule has 14 heteroatoms. The van der Waals surface area contributed by atoms with Crippen LogP contribution in [0.3, 0.4) is 0 Å². The molecule has 3 aliphatic carbocycles. The maximum absolute atomic E-state index is 15.5. The molecule has 4 amide bonds. The van der Waals surface area contributed by atoms with Crippen molar-refractivity contribution in [2.75, 3.05) is 31.7 Å². The topological polar surface area (TPSA) is 154 Å². The Morgan fingerprint density at radius 1 is 1.27 bits per heavy atom. The molecule has 6 aliphatic rings. The second kappa shape index (κ2) is 9.49. The summed E-state index contributed by atoms with van der Waals surface area (Å²) in [7, 11) is 0. The molecule has 2 saturated heterocycles. The van der Waals surface area contributed by atoms with Crippen LogP contribution in [-0.4, -0.2) is 94.4 Å². The summed E-state index contributed by atoms with van der Waals surface area (Å²) in [6.45, 7) is 3.82. The van der Waals surface area contributed by atoms with Crippen LogP contribution in [0.1, 0.15) is 33.6 Å². The number of pyridine rings is 1. The predicted octanol–water partition coefficient (Wildman–Crippen LogP) is 1.82. The van der Waals surface area contributed by atoms with Crippen molar-refractivity contribution in [3.63, 3.8) is 0 Å². The molecule has 1 aromatic heterocycles. The fourth-order valence-electron chi connectivity index (χ4n) is 8.76. The van der Waals surface area contributed by atoms with Crippen LogP contribution in [0.15, 0.2) is 18.3 Å². The van der Waals surface area contributed by atoms with Gasteiger partial charge in [-0.2, -0.15) is 5.26 Å². The number of carbonyl (C=O) groups is 4. The van der Waals surface area contributed by atoms with E-state index in [1.165, 1.54) is 16.0 Å². The van der Waals surface area contributed by atoms with Gasteiger partial charge in [0.1, 0.15) is 37.1 Å². The number of fused-ring (bicyclic) bond motifs is 5. The molecule has 1 aromatic rings. The highest BCUT2D eigenvalue weighted by Crippen LogP contribution is 2.82. The zero-order chi connectivity index (χ0) is 31.3. The van der Waals surface area contributed by atoms with Crippen molar-refractivity contribution >= 4 is 29.6 Å². The molecule has 0 aromatic carbocycles. The first-order valence-electron chi connectivity index (χ1n) is 15.0. The van der Waals surface area contributed by atoms with E-state index in [4.69, 9.17) is 9.47 Å². The SMILES string of the molecule is CC(C)(C)[C@H](NC(=O)OCCF)C(=O)N1C[C@H]2[C@@H]([C@H]1C(=O)N1C[C@@]3(C[C@H]1C#N)Oc1cccnc1NC3=O)[C@@H]1C3[C@H]2C[C@@]31F.